The summed E-state index contributed by atoms with van der Waals surface area (Å²) in [5.74, 6) is -0.176. The van der Waals surface area contributed by atoms with Crippen molar-refractivity contribution in [2.75, 3.05) is 13.2 Å². The fourth-order valence-electron chi connectivity index (χ4n) is 1.96. The first-order chi connectivity index (χ1) is 8.66. The minimum atomic E-state index is -0.176. The number of benzene rings is 1. The van der Waals surface area contributed by atoms with Gasteiger partial charge in [-0.25, -0.2) is 0 Å². The van der Waals surface area contributed by atoms with Crippen LogP contribution in [0.4, 0.5) is 0 Å². The second kappa shape index (κ2) is 6.45. The molecule has 1 unspecified atom stereocenters. The first-order valence-electron chi connectivity index (χ1n) is 6.05. The molecule has 1 amide bonds. The zero-order valence-electron chi connectivity index (χ0n) is 9.99. The number of halogens is 1. The van der Waals surface area contributed by atoms with Crippen LogP contribution in [0.1, 0.15) is 29.6 Å². The molecule has 1 aliphatic rings. The highest BCUT2D eigenvalue weighted by Gasteiger charge is 2.16. The molecular formula is C13H16ClNO2S. The van der Waals surface area contributed by atoms with E-state index in [4.69, 9.17) is 16.3 Å². The summed E-state index contributed by atoms with van der Waals surface area (Å²) in [5, 5.41) is 3.29. The molecule has 0 radical (unpaired) electrons. The normalized spacial score (nSPS) is 19.6. The number of rotatable bonds is 3. The van der Waals surface area contributed by atoms with Crippen LogP contribution in [0.3, 0.4) is 0 Å². The lowest BCUT2D eigenvalue weighted by molar-refractivity contribution is 0.0169. The van der Waals surface area contributed by atoms with Crippen LogP contribution >= 0.6 is 24.2 Å². The van der Waals surface area contributed by atoms with E-state index in [9.17, 15) is 4.79 Å². The number of ether oxygens (including phenoxy) is 1. The van der Waals surface area contributed by atoms with Gasteiger partial charge in [0.25, 0.3) is 5.91 Å². The van der Waals surface area contributed by atoms with E-state index in [1.165, 1.54) is 0 Å². The molecule has 1 aliphatic heterocycles. The minimum Gasteiger partial charge on any atom is -0.376 e. The smallest absolute Gasteiger partial charge is 0.252 e. The van der Waals surface area contributed by atoms with E-state index in [0.717, 1.165) is 30.8 Å². The van der Waals surface area contributed by atoms with Gasteiger partial charge in [0.2, 0.25) is 0 Å². The second-order valence-corrected chi connectivity index (χ2v) is 5.29. The Kier molecular flexibility index (Phi) is 4.92. The Labute approximate surface area is 117 Å². The summed E-state index contributed by atoms with van der Waals surface area (Å²) in [7, 11) is 0. The Morgan fingerprint density at radius 3 is 3.06 bits per heavy atom. The Morgan fingerprint density at radius 2 is 2.33 bits per heavy atom. The van der Waals surface area contributed by atoms with Crippen molar-refractivity contribution in [1.82, 2.24) is 5.32 Å². The summed E-state index contributed by atoms with van der Waals surface area (Å²) in [5.41, 5.74) is 0.458. The predicted molar refractivity (Wildman–Crippen MR) is 74.6 cm³/mol. The first-order valence-corrected chi connectivity index (χ1v) is 6.87. The Hall–Kier alpha value is -0.710. The van der Waals surface area contributed by atoms with Crippen molar-refractivity contribution in [3.63, 3.8) is 0 Å². The summed E-state index contributed by atoms with van der Waals surface area (Å²) < 4.78 is 5.56. The molecule has 5 heteroatoms. The van der Waals surface area contributed by atoms with Gasteiger partial charge in [-0.05, 0) is 37.5 Å². The molecule has 2 rings (SSSR count). The molecule has 1 N–H and O–H groups in total. The molecule has 0 spiro atoms. The molecule has 1 heterocycles. The first kappa shape index (κ1) is 13.7. The van der Waals surface area contributed by atoms with Crippen LogP contribution in [0.2, 0.25) is 5.02 Å². The van der Waals surface area contributed by atoms with E-state index < -0.39 is 0 Å². The summed E-state index contributed by atoms with van der Waals surface area (Å²) >= 11 is 10.2. The third kappa shape index (κ3) is 3.64. The van der Waals surface area contributed by atoms with Crippen molar-refractivity contribution >= 4 is 30.1 Å². The Bertz CT molecular complexity index is 433. The van der Waals surface area contributed by atoms with Gasteiger partial charge in [0.05, 0.1) is 16.7 Å². The van der Waals surface area contributed by atoms with Gasteiger partial charge in [-0.15, -0.1) is 12.6 Å². The molecule has 1 aromatic carbocycles. The number of thiol groups is 1. The summed E-state index contributed by atoms with van der Waals surface area (Å²) in [4.78, 5) is 12.7. The van der Waals surface area contributed by atoms with E-state index in [2.05, 4.69) is 17.9 Å². The van der Waals surface area contributed by atoms with E-state index >= 15 is 0 Å². The minimum absolute atomic E-state index is 0.126. The average molecular weight is 286 g/mol. The van der Waals surface area contributed by atoms with Gasteiger partial charge in [0.1, 0.15) is 0 Å². The van der Waals surface area contributed by atoms with Crippen LogP contribution in [-0.4, -0.2) is 25.2 Å². The van der Waals surface area contributed by atoms with Crippen molar-refractivity contribution in [3.8, 4) is 0 Å². The quantitative estimate of drug-likeness (QED) is 0.838. The SMILES string of the molecule is O=C(NCC1CCCCO1)c1cc(S)ccc1Cl. The maximum absolute atomic E-state index is 12.0. The van der Waals surface area contributed by atoms with Crippen molar-refractivity contribution in [2.45, 2.75) is 30.3 Å². The van der Waals surface area contributed by atoms with E-state index in [0.29, 0.717) is 17.1 Å². The van der Waals surface area contributed by atoms with E-state index in [1.807, 2.05) is 0 Å². The highest BCUT2D eigenvalue weighted by atomic mass is 35.5. The van der Waals surface area contributed by atoms with Gasteiger partial charge in [0, 0.05) is 18.0 Å². The van der Waals surface area contributed by atoms with Crippen LogP contribution in [0.5, 0.6) is 0 Å². The summed E-state index contributed by atoms with van der Waals surface area (Å²) in [6.45, 7) is 1.32. The molecule has 98 valence electrons. The predicted octanol–water partition coefficient (Wildman–Crippen LogP) is 2.93. The van der Waals surface area contributed by atoms with Crippen molar-refractivity contribution in [1.29, 1.82) is 0 Å². The number of hydrogen-bond donors (Lipinski definition) is 2. The van der Waals surface area contributed by atoms with Gasteiger partial charge in [-0.2, -0.15) is 0 Å². The standard InChI is InChI=1S/C13H16ClNO2S/c14-12-5-4-10(18)7-11(12)13(16)15-8-9-3-1-2-6-17-9/h4-5,7,9,18H,1-3,6,8H2,(H,15,16). The van der Waals surface area contributed by atoms with E-state index in [1.54, 1.807) is 18.2 Å². The molecule has 1 saturated heterocycles. The molecule has 1 aromatic rings. The van der Waals surface area contributed by atoms with E-state index in [-0.39, 0.29) is 12.0 Å². The van der Waals surface area contributed by atoms with Crippen LogP contribution in [0.25, 0.3) is 0 Å². The fraction of sp³-hybridized carbons (Fsp3) is 0.462. The number of nitrogens with one attached hydrogen (secondary N) is 1. The molecule has 18 heavy (non-hydrogen) atoms. The molecule has 0 aromatic heterocycles. The van der Waals surface area contributed by atoms with Gasteiger partial charge in [-0.3, -0.25) is 4.79 Å². The lowest BCUT2D eigenvalue weighted by Crippen LogP contribution is -2.35. The second-order valence-electron chi connectivity index (χ2n) is 4.36. The molecule has 0 bridgehead atoms. The zero-order valence-corrected chi connectivity index (χ0v) is 11.6. The van der Waals surface area contributed by atoms with Crippen molar-refractivity contribution in [2.24, 2.45) is 0 Å². The number of amides is 1. The lowest BCUT2D eigenvalue weighted by Gasteiger charge is -2.22. The average Bonchev–Trinajstić information content (AvgIpc) is 2.40. The maximum atomic E-state index is 12.0. The number of carbonyl (C=O) groups is 1. The molecule has 0 aliphatic carbocycles. The third-order valence-electron chi connectivity index (χ3n) is 2.96. The summed E-state index contributed by atoms with van der Waals surface area (Å²) in [6.07, 6.45) is 3.40. The molecule has 1 atom stereocenters. The lowest BCUT2D eigenvalue weighted by atomic mass is 10.1. The van der Waals surface area contributed by atoms with Crippen molar-refractivity contribution in [3.05, 3.63) is 28.8 Å². The molecule has 3 nitrogen and oxygen atoms in total. The largest absolute Gasteiger partial charge is 0.376 e. The monoisotopic (exact) mass is 285 g/mol. The zero-order chi connectivity index (χ0) is 13.0. The molecule has 0 saturated carbocycles. The van der Waals surface area contributed by atoms with Crippen molar-refractivity contribution < 1.29 is 9.53 Å². The highest BCUT2D eigenvalue weighted by molar-refractivity contribution is 7.80. The van der Waals surface area contributed by atoms with Crippen LogP contribution in [-0.2, 0) is 4.74 Å². The van der Waals surface area contributed by atoms with Crippen LogP contribution in [0.15, 0.2) is 23.1 Å². The third-order valence-corrected chi connectivity index (χ3v) is 3.57. The van der Waals surface area contributed by atoms with Crippen LogP contribution in [0, 0.1) is 0 Å². The fourth-order valence-corrected chi connectivity index (χ4v) is 2.36. The van der Waals surface area contributed by atoms with Gasteiger partial charge in [0.15, 0.2) is 0 Å². The van der Waals surface area contributed by atoms with Crippen LogP contribution < -0.4 is 5.32 Å². The summed E-state index contributed by atoms with van der Waals surface area (Å²) in [6, 6.07) is 5.10. The molecular weight excluding hydrogens is 270 g/mol. The maximum Gasteiger partial charge on any atom is 0.252 e. The Morgan fingerprint density at radius 1 is 1.50 bits per heavy atom. The highest BCUT2D eigenvalue weighted by Crippen LogP contribution is 2.19. The Balaban J connectivity index is 1.92. The van der Waals surface area contributed by atoms with Gasteiger partial charge >= 0.3 is 0 Å². The molecule has 1 fully saturated rings. The number of hydrogen-bond acceptors (Lipinski definition) is 3. The number of carbonyl (C=O) groups excluding carboxylic acids is 1. The van der Waals surface area contributed by atoms with Gasteiger partial charge in [-0.1, -0.05) is 11.6 Å². The van der Waals surface area contributed by atoms with Gasteiger partial charge < -0.3 is 10.1 Å². The topological polar surface area (TPSA) is 38.3 Å².